The molecule has 20 heavy (non-hydrogen) atoms. The van der Waals surface area contributed by atoms with Crippen LogP contribution in [0.3, 0.4) is 0 Å². The van der Waals surface area contributed by atoms with Crippen LogP contribution in [0.15, 0.2) is 65.8 Å². The standard InChI is InChI=1S/C16H13ClN2O/c17-15-9-6-14(7-10-15)12-18-19-16(20)11-8-13-4-2-1-3-5-13/h1-12H,(H,19,20)/b11-8+,18-12?. The van der Waals surface area contributed by atoms with Crippen molar-refractivity contribution in [3.8, 4) is 0 Å². The van der Waals surface area contributed by atoms with E-state index in [9.17, 15) is 4.79 Å². The van der Waals surface area contributed by atoms with E-state index in [0.717, 1.165) is 11.1 Å². The lowest BCUT2D eigenvalue weighted by Crippen LogP contribution is -2.14. The Labute approximate surface area is 122 Å². The average molecular weight is 285 g/mol. The van der Waals surface area contributed by atoms with E-state index in [-0.39, 0.29) is 5.91 Å². The molecule has 1 amide bonds. The lowest BCUT2D eigenvalue weighted by molar-refractivity contribution is -0.116. The van der Waals surface area contributed by atoms with Crippen molar-refractivity contribution in [2.45, 2.75) is 0 Å². The molecule has 0 unspecified atom stereocenters. The first-order valence-corrected chi connectivity index (χ1v) is 6.43. The fourth-order valence-electron chi connectivity index (χ4n) is 1.49. The molecule has 0 saturated carbocycles. The molecule has 0 fully saturated rings. The van der Waals surface area contributed by atoms with Crippen molar-refractivity contribution in [1.82, 2.24) is 5.43 Å². The normalized spacial score (nSPS) is 11.1. The Kier molecular flexibility index (Phi) is 5.09. The maximum atomic E-state index is 11.5. The van der Waals surface area contributed by atoms with Gasteiger partial charge in [-0.3, -0.25) is 4.79 Å². The zero-order valence-corrected chi connectivity index (χ0v) is 11.4. The van der Waals surface area contributed by atoms with Gasteiger partial charge in [0.25, 0.3) is 5.91 Å². The predicted molar refractivity (Wildman–Crippen MR) is 82.7 cm³/mol. The zero-order chi connectivity index (χ0) is 14.2. The molecule has 0 bridgehead atoms. The number of amides is 1. The van der Waals surface area contributed by atoms with Crippen LogP contribution in [0.4, 0.5) is 0 Å². The second-order valence-corrected chi connectivity index (χ2v) is 4.47. The summed E-state index contributed by atoms with van der Waals surface area (Å²) < 4.78 is 0. The van der Waals surface area contributed by atoms with Crippen molar-refractivity contribution in [1.29, 1.82) is 0 Å². The summed E-state index contributed by atoms with van der Waals surface area (Å²) in [6, 6.07) is 16.7. The number of nitrogens with zero attached hydrogens (tertiary/aromatic N) is 1. The highest BCUT2D eigenvalue weighted by molar-refractivity contribution is 6.30. The van der Waals surface area contributed by atoms with Crippen molar-refractivity contribution in [2.75, 3.05) is 0 Å². The number of hydrazone groups is 1. The Morgan fingerprint density at radius 2 is 1.70 bits per heavy atom. The quantitative estimate of drug-likeness (QED) is 0.521. The van der Waals surface area contributed by atoms with Gasteiger partial charge in [0.15, 0.2) is 0 Å². The Hall–Kier alpha value is -2.39. The summed E-state index contributed by atoms with van der Waals surface area (Å²) in [4.78, 5) is 11.5. The molecule has 0 aliphatic heterocycles. The Morgan fingerprint density at radius 3 is 2.40 bits per heavy atom. The number of carbonyl (C=O) groups excluding carboxylic acids is 1. The van der Waals surface area contributed by atoms with Crippen molar-refractivity contribution in [2.24, 2.45) is 5.10 Å². The Balaban J connectivity index is 1.86. The summed E-state index contributed by atoms with van der Waals surface area (Å²) in [5, 5.41) is 4.53. The Morgan fingerprint density at radius 1 is 1.00 bits per heavy atom. The van der Waals surface area contributed by atoms with Crippen molar-refractivity contribution in [3.05, 3.63) is 76.8 Å². The van der Waals surface area contributed by atoms with Crippen molar-refractivity contribution < 1.29 is 4.79 Å². The van der Waals surface area contributed by atoms with E-state index in [2.05, 4.69) is 10.5 Å². The van der Waals surface area contributed by atoms with Gasteiger partial charge in [-0.15, -0.1) is 0 Å². The third-order valence-corrected chi connectivity index (χ3v) is 2.74. The molecule has 3 nitrogen and oxygen atoms in total. The van der Waals surface area contributed by atoms with Gasteiger partial charge in [0.1, 0.15) is 0 Å². The number of carbonyl (C=O) groups is 1. The van der Waals surface area contributed by atoms with Crippen LogP contribution in [0.25, 0.3) is 6.08 Å². The summed E-state index contributed by atoms with van der Waals surface area (Å²) in [7, 11) is 0. The fraction of sp³-hybridized carbons (Fsp3) is 0. The molecule has 0 radical (unpaired) electrons. The van der Waals surface area contributed by atoms with E-state index in [4.69, 9.17) is 11.6 Å². The molecule has 0 aliphatic rings. The largest absolute Gasteiger partial charge is 0.268 e. The topological polar surface area (TPSA) is 41.5 Å². The number of benzene rings is 2. The minimum absolute atomic E-state index is 0.279. The molecular formula is C16H13ClN2O. The van der Waals surface area contributed by atoms with E-state index in [1.165, 1.54) is 6.08 Å². The van der Waals surface area contributed by atoms with E-state index in [1.807, 2.05) is 42.5 Å². The highest BCUT2D eigenvalue weighted by atomic mass is 35.5. The third kappa shape index (κ3) is 4.71. The molecule has 0 spiro atoms. The first-order valence-electron chi connectivity index (χ1n) is 6.06. The van der Waals surface area contributed by atoms with Gasteiger partial charge in [-0.05, 0) is 29.3 Å². The fourth-order valence-corrected chi connectivity index (χ4v) is 1.62. The van der Waals surface area contributed by atoms with E-state index in [0.29, 0.717) is 5.02 Å². The van der Waals surface area contributed by atoms with Crippen molar-refractivity contribution in [3.63, 3.8) is 0 Å². The van der Waals surface area contributed by atoms with Crippen LogP contribution in [0.5, 0.6) is 0 Å². The minimum Gasteiger partial charge on any atom is -0.268 e. The SMILES string of the molecule is O=C(/C=C/c1ccccc1)NN=Cc1ccc(Cl)cc1. The number of halogens is 1. The molecule has 100 valence electrons. The maximum Gasteiger partial charge on any atom is 0.264 e. The van der Waals surface area contributed by atoms with Crippen molar-refractivity contribution >= 4 is 29.8 Å². The number of hydrogen-bond donors (Lipinski definition) is 1. The van der Waals surface area contributed by atoms with Crippen LogP contribution in [0, 0.1) is 0 Å². The van der Waals surface area contributed by atoms with E-state index in [1.54, 1.807) is 24.4 Å². The second kappa shape index (κ2) is 7.26. The van der Waals surface area contributed by atoms with Gasteiger partial charge in [-0.25, -0.2) is 5.43 Å². The van der Waals surface area contributed by atoms with Gasteiger partial charge in [0.2, 0.25) is 0 Å². The van der Waals surface area contributed by atoms with Crippen LogP contribution in [-0.4, -0.2) is 12.1 Å². The summed E-state index contributed by atoms with van der Waals surface area (Å²) in [5.74, 6) is -0.279. The van der Waals surface area contributed by atoms with Crippen LogP contribution in [0.2, 0.25) is 5.02 Å². The first-order chi connectivity index (χ1) is 9.74. The minimum atomic E-state index is -0.279. The van der Waals surface area contributed by atoms with E-state index < -0.39 is 0 Å². The maximum absolute atomic E-state index is 11.5. The van der Waals surface area contributed by atoms with Gasteiger partial charge < -0.3 is 0 Å². The van der Waals surface area contributed by atoms with Gasteiger partial charge in [0.05, 0.1) is 6.21 Å². The zero-order valence-electron chi connectivity index (χ0n) is 10.7. The number of nitrogens with one attached hydrogen (secondary N) is 1. The lowest BCUT2D eigenvalue weighted by Gasteiger charge is -1.95. The number of rotatable bonds is 4. The van der Waals surface area contributed by atoms with Crippen LogP contribution in [-0.2, 0) is 4.79 Å². The van der Waals surface area contributed by atoms with Gasteiger partial charge in [-0.2, -0.15) is 5.10 Å². The number of hydrogen-bond acceptors (Lipinski definition) is 2. The molecular weight excluding hydrogens is 272 g/mol. The molecule has 0 heterocycles. The summed E-state index contributed by atoms with van der Waals surface area (Å²) >= 11 is 5.77. The highest BCUT2D eigenvalue weighted by Gasteiger charge is 1.92. The molecule has 4 heteroatoms. The lowest BCUT2D eigenvalue weighted by atomic mass is 10.2. The Bertz CT molecular complexity index is 619. The summed E-state index contributed by atoms with van der Waals surface area (Å²) in [5.41, 5.74) is 4.25. The average Bonchev–Trinajstić information content (AvgIpc) is 2.48. The molecule has 0 atom stereocenters. The highest BCUT2D eigenvalue weighted by Crippen LogP contribution is 2.07. The third-order valence-electron chi connectivity index (χ3n) is 2.49. The molecule has 0 aliphatic carbocycles. The molecule has 2 aromatic rings. The van der Waals surface area contributed by atoms with Gasteiger partial charge in [-0.1, -0.05) is 54.1 Å². The molecule has 1 N–H and O–H groups in total. The van der Waals surface area contributed by atoms with E-state index >= 15 is 0 Å². The predicted octanol–water partition coefficient (Wildman–Crippen LogP) is 3.50. The van der Waals surface area contributed by atoms with Gasteiger partial charge in [0, 0.05) is 11.1 Å². The molecule has 2 rings (SSSR count). The summed E-state index contributed by atoms with van der Waals surface area (Å²) in [6.45, 7) is 0. The van der Waals surface area contributed by atoms with Crippen LogP contribution in [0.1, 0.15) is 11.1 Å². The van der Waals surface area contributed by atoms with Crippen LogP contribution < -0.4 is 5.43 Å². The monoisotopic (exact) mass is 284 g/mol. The van der Waals surface area contributed by atoms with Crippen LogP contribution >= 0.6 is 11.6 Å². The first kappa shape index (κ1) is 14.0. The van der Waals surface area contributed by atoms with Gasteiger partial charge >= 0.3 is 0 Å². The molecule has 0 saturated heterocycles. The molecule has 2 aromatic carbocycles. The summed E-state index contributed by atoms with van der Waals surface area (Å²) in [6.07, 6.45) is 4.73. The smallest absolute Gasteiger partial charge is 0.264 e. The second-order valence-electron chi connectivity index (χ2n) is 4.03. The molecule has 0 aromatic heterocycles.